The molecule has 0 radical (unpaired) electrons. The molecule has 0 aliphatic heterocycles. The highest BCUT2D eigenvalue weighted by Gasteiger charge is 2.31. The molecule has 1 amide bonds. The standard InChI is InChI=1S/C28H21F4N5O2/c1-15-3-4-17(26(38)34-22-14-18(28(30,31)32)7-10-23(22)39-2)13-21(15)36-27-35-20-11-12-33-25(20)24(37-27)16-5-8-19(29)9-6-16/h3-14,33H,1-2H3,(H,34,38)(H,35,36,37). The molecule has 0 saturated carbocycles. The van der Waals surface area contributed by atoms with Crippen LogP contribution in [0, 0.1) is 12.7 Å². The minimum Gasteiger partial charge on any atom is -0.495 e. The molecule has 0 aliphatic rings. The second kappa shape index (κ2) is 10.1. The van der Waals surface area contributed by atoms with E-state index in [0.29, 0.717) is 28.0 Å². The second-order valence-electron chi connectivity index (χ2n) is 8.66. The Morgan fingerprint density at radius 3 is 2.44 bits per heavy atom. The minimum absolute atomic E-state index is 0.0864. The van der Waals surface area contributed by atoms with Crippen molar-refractivity contribution in [2.45, 2.75) is 13.1 Å². The van der Waals surface area contributed by atoms with Crippen LogP contribution in [0.15, 0.2) is 72.9 Å². The number of hydrogen-bond acceptors (Lipinski definition) is 5. The van der Waals surface area contributed by atoms with Gasteiger partial charge in [-0.1, -0.05) is 6.07 Å². The van der Waals surface area contributed by atoms with Crippen molar-refractivity contribution in [2.75, 3.05) is 17.7 Å². The third-order valence-electron chi connectivity index (χ3n) is 6.04. The number of aryl methyl sites for hydroxylation is 1. The molecule has 3 aromatic carbocycles. The highest BCUT2D eigenvalue weighted by Crippen LogP contribution is 2.35. The number of nitrogens with one attached hydrogen (secondary N) is 3. The van der Waals surface area contributed by atoms with Crippen molar-refractivity contribution in [3.8, 4) is 17.0 Å². The van der Waals surface area contributed by atoms with Crippen LogP contribution in [0.25, 0.3) is 22.3 Å². The molecule has 0 saturated heterocycles. The number of benzene rings is 3. The van der Waals surface area contributed by atoms with Gasteiger partial charge in [0.2, 0.25) is 5.95 Å². The first-order valence-corrected chi connectivity index (χ1v) is 11.7. The predicted molar refractivity (Wildman–Crippen MR) is 140 cm³/mol. The predicted octanol–water partition coefficient (Wildman–Crippen LogP) is 7.10. The highest BCUT2D eigenvalue weighted by atomic mass is 19.4. The number of carbonyl (C=O) groups is 1. The number of carbonyl (C=O) groups excluding carboxylic acids is 1. The maximum Gasteiger partial charge on any atom is 0.416 e. The Morgan fingerprint density at radius 1 is 0.949 bits per heavy atom. The summed E-state index contributed by atoms with van der Waals surface area (Å²) < 4.78 is 58.2. The number of aromatic amines is 1. The van der Waals surface area contributed by atoms with E-state index >= 15 is 0 Å². The molecule has 2 heterocycles. The van der Waals surface area contributed by atoms with Crippen molar-refractivity contribution < 1.29 is 27.1 Å². The van der Waals surface area contributed by atoms with Gasteiger partial charge >= 0.3 is 6.18 Å². The molecule has 39 heavy (non-hydrogen) atoms. The molecule has 198 valence electrons. The lowest BCUT2D eigenvalue weighted by atomic mass is 10.1. The monoisotopic (exact) mass is 535 g/mol. The third kappa shape index (κ3) is 5.37. The molecule has 7 nitrogen and oxygen atoms in total. The third-order valence-corrected chi connectivity index (χ3v) is 6.04. The van der Waals surface area contributed by atoms with Gasteiger partial charge < -0.3 is 20.4 Å². The molecular formula is C28H21F4N5O2. The Hall–Kier alpha value is -4.93. The molecule has 3 N–H and O–H groups in total. The molecular weight excluding hydrogens is 514 g/mol. The first-order chi connectivity index (χ1) is 18.6. The van der Waals surface area contributed by atoms with Crippen molar-refractivity contribution >= 4 is 34.3 Å². The Bertz CT molecular complexity index is 1680. The van der Waals surface area contributed by atoms with Gasteiger partial charge in [-0.3, -0.25) is 4.79 Å². The van der Waals surface area contributed by atoms with E-state index in [1.165, 1.54) is 19.2 Å². The van der Waals surface area contributed by atoms with Crippen LogP contribution in [-0.2, 0) is 6.18 Å². The smallest absolute Gasteiger partial charge is 0.416 e. The average Bonchev–Trinajstić information content (AvgIpc) is 3.38. The Kier molecular flexibility index (Phi) is 6.65. The first-order valence-electron chi connectivity index (χ1n) is 11.7. The van der Waals surface area contributed by atoms with E-state index in [9.17, 15) is 22.4 Å². The van der Waals surface area contributed by atoms with Gasteiger partial charge in [-0.2, -0.15) is 13.2 Å². The number of amides is 1. The van der Waals surface area contributed by atoms with E-state index in [1.807, 2.05) is 6.92 Å². The largest absolute Gasteiger partial charge is 0.495 e. The van der Waals surface area contributed by atoms with Gasteiger partial charge in [-0.05, 0) is 73.2 Å². The molecule has 0 fully saturated rings. The quantitative estimate of drug-likeness (QED) is 0.202. The zero-order chi connectivity index (χ0) is 27.7. The van der Waals surface area contributed by atoms with Gasteiger partial charge in [-0.25, -0.2) is 14.4 Å². The van der Waals surface area contributed by atoms with Crippen molar-refractivity contribution in [1.82, 2.24) is 15.0 Å². The molecule has 0 spiro atoms. The first kappa shape index (κ1) is 25.7. The zero-order valence-corrected chi connectivity index (χ0v) is 20.7. The van der Waals surface area contributed by atoms with Crippen molar-refractivity contribution in [2.24, 2.45) is 0 Å². The fourth-order valence-corrected chi connectivity index (χ4v) is 4.01. The molecule has 0 aliphatic carbocycles. The number of fused-ring (bicyclic) bond motifs is 1. The fourth-order valence-electron chi connectivity index (χ4n) is 4.01. The molecule has 0 atom stereocenters. The summed E-state index contributed by atoms with van der Waals surface area (Å²) in [6, 6.07) is 15.3. The van der Waals surface area contributed by atoms with Crippen LogP contribution >= 0.6 is 0 Å². The van der Waals surface area contributed by atoms with Crippen molar-refractivity contribution in [3.05, 3.63) is 95.4 Å². The van der Waals surface area contributed by atoms with Crippen LogP contribution in [0.5, 0.6) is 5.75 Å². The van der Waals surface area contributed by atoms with Crippen LogP contribution in [0.2, 0.25) is 0 Å². The van der Waals surface area contributed by atoms with E-state index in [0.717, 1.165) is 23.8 Å². The van der Waals surface area contributed by atoms with Gasteiger partial charge in [0.15, 0.2) is 0 Å². The van der Waals surface area contributed by atoms with Gasteiger partial charge in [0.05, 0.1) is 35.1 Å². The van der Waals surface area contributed by atoms with E-state index < -0.39 is 17.6 Å². The van der Waals surface area contributed by atoms with Crippen LogP contribution in [0.4, 0.5) is 34.9 Å². The number of ether oxygens (including phenoxy) is 1. The van der Waals surface area contributed by atoms with E-state index in [-0.39, 0.29) is 28.8 Å². The number of alkyl halides is 3. The summed E-state index contributed by atoms with van der Waals surface area (Å²) in [4.78, 5) is 25.2. The van der Waals surface area contributed by atoms with Crippen LogP contribution < -0.4 is 15.4 Å². The maximum atomic E-state index is 13.5. The summed E-state index contributed by atoms with van der Waals surface area (Å²) in [5.41, 5.74) is 2.95. The van der Waals surface area contributed by atoms with Gasteiger partial charge in [0.1, 0.15) is 11.6 Å². The highest BCUT2D eigenvalue weighted by molar-refractivity contribution is 6.05. The van der Waals surface area contributed by atoms with Crippen LogP contribution in [0.3, 0.4) is 0 Å². The van der Waals surface area contributed by atoms with Crippen LogP contribution in [0.1, 0.15) is 21.5 Å². The number of nitrogens with zero attached hydrogens (tertiary/aromatic N) is 2. The number of halogens is 4. The maximum absolute atomic E-state index is 13.5. The molecule has 5 aromatic rings. The summed E-state index contributed by atoms with van der Waals surface area (Å²) in [7, 11) is 1.30. The molecule has 5 rings (SSSR count). The van der Waals surface area contributed by atoms with Crippen molar-refractivity contribution in [3.63, 3.8) is 0 Å². The van der Waals surface area contributed by atoms with E-state index in [1.54, 1.807) is 42.6 Å². The van der Waals surface area contributed by atoms with E-state index in [4.69, 9.17) is 4.74 Å². The summed E-state index contributed by atoms with van der Waals surface area (Å²) in [6.07, 6.45) is -2.87. The van der Waals surface area contributed by atoms with Gasteiger partial charge in [0, 0.05) is 23.0 Å². The lowest BCUT2D eigenvalue weighted by Gasteiger charge is -2.15. The molecule has 2 aromatic heterocycles. The Balaban J connectivity index is 1.45. The van der Waals surface area contributed by atoms with Gasteiger partial charge in [-0.15, -0.1) is 0 Å². The van der Waals surface area contributed by atoms with Crippen LogP contribution in [-0.4, -0.2) is 28.0 Å². The minimum atomic E-state index is -4.58. The van der Waals surface area contributed by atoms with Crippen molar-refractivity contribution in [1.29, 1.82) is 0 Å². The zero-order valence-electron chi connectivity index (χ0n) is 20.7. The lowest BCUT2D eigenvalue weighted by molar-refractivity contribution is -0.137. The number of anilines is 3. The SMILES string of the molecule is COc1ccc(C(F)(F)F)cc1NC(=O)c1ccc(C)c(Nc2nc(-c3ccc(F)cc3)c3[nH]ccc3n2)c1. The Morgan fingerprint density at radius 2 is 1.72 bits per heavy atom. The summed E-state index contributed by atoms with van der Waals surface area (Å²) in [6.45, 7) is 1.82. The topological polar surface area (TPSA) is 91.9 Å². The number of hydrogen-bond donors (Lipinski definition) is 3. The summed E-state index contributed by atoms with van der Waals surface area (Å²) in [5, 5.41) is 5.62. The molecule has 0 bridgehead atoms. The lowest BCUT2D eigenvalue weighted by Crippen LogP contribution is -2.14. The molecule has 11 heteroatoms. The van der Waals surface area contributed by atoms with Gasteiger partial charge in [0.25, 0.3) is 5.91 Å². The van der Waals surface area contributed by atoms with E-state index in [2.05, 4.69) is 25.6 Å². The average molecular weight is 536 g/mol. The summed E-state index contributed by atoms with van der Waals surface area (Å²) in [5.74, 6) is -0.683. The molecule has 0 unspecified atom stereocenters. The fraction of sp³-hybridized carbons (Fsp3) is 0.107. The Labute approximate surface area is 219 Å². The summed E-state index contributed by atoms with van der Waals surface area (Å²) >= 11 is 0. The number of rotatable bonds is 6. The number of aromatic nitrogens is 3. The normalized spacial score (nSPS) is 11.4. The number of H-pyrrole nitrogens is 1. The number of methoxy groups -OCH3 is 1. The second-order valence-corrected chi connectivity index (χ2v) is 8.66.